The van der Waals surface area contributed by atoms with E-state index in [1.165, 1.54) is 17.8 Å². The van der Waals surface area contributed by atoms with Crippen LogP contribution < -0.4 is 0 Å². The number of rotatable bonds is 5. The van der Waals surface area contributed by atoms with Crippen molar-refractivity contribution in [2.75, 3.05) is 5.75 Å². The monoisotopic (exact) mass is 292 g/mol. The smallest absolute Gasteiger partial charge is 0.304 e. The van der Waals surface area contributed by atoms with Crippen molar-refractivity contribution in [2.45, 2.75) is 12.2 Å². The van der Waals surface area contributed by atoms with E-state index >= 15 is 0 Å². The summed E-state index contributed by atoms with van der Waals surface area (Å²) in [5.41, 5.74) is 0.852. The van der Waals surface area contributed by atoms with Gasteiger partial charge in [-0.3, -0.25) is 4.79 Å². The summed E-state index contributed by atoms with van der Waals surface area (Å²) in [5, 5.41) is 8.43. The van der Waals surface area contributed by atoms with E-state index in [2.05, 4.69) is 15.9 Å². The van der Waals surface area contributed by atoms with E-state index in [1.807, 2.05) is 6.07 Å². The highest BCUT2D eigenvalue weighted by atomic mass is 79.9. The average molecular weight is 293 g/mol. The molecule has 0 fully saturated rings. The fourth-order valence-corrected chi connectivity index (χ4v) is 2.52. The molecule has 0 saturated heterocycles. The van der Waals surface area contributed by atoms with E-state index in [9.17, 15) is 9.18 Å². The van der Waals surface area contributed by atoms with Crippen molar-refractivity contribution in [2.24, 2.45) is 0 Å². The quantitative estimate of drug-likeness (QED) is 0.846. The van der Waals surface area contributed by atoms with E-state index in [0.29, 0.717) is 16.0 Å². The van der Waals surface area contributed by atoms with E-state index in [1.54, 1.807) is 6.07 Å². The number of carboxylic acid groups (broad SMARTS) is 1. The molecule has 1 aromatic carbocycles. The van der Waals surface area contributed by atoms with Gasteiger partial charge in [0.15, 0.2) is 0 Å². The minimum atomic E-state index is -0.805. The summed E-state index contributed by atoms with van der Waals surface area (Å²) in [7, 11) is 0. The Hall–Kier alpha value is -0.550. The Labute approximate surface area is 100 Å². The minimum absolute atomic E-state index is 0.137. The van der Waals surface area contributed by atoms with Crippen LogP contribution in [-0.2, 0) is 10.5 Å². The molecule has 15 heavy (non-hydrogen) atoms. The van der Waals surface area contributed by atoms with Crippen molar-refractivity contribution in [3.63, 3.8) is 0 Å². The highest BCUT2D eigenvalue weighted by Crippen LogP contribution is 2.24. The highest BCUT2D eigenvalue weighted by molar-refractivity contribution is 9.10. The van der Waals surface area contributed by atoms with E-state index < -0.39 is 5.97 Å². The maximum absolute atomic E-state index is 13.1. The van der Waals surface area contributed by atoms with Crippen molar-refractivity contribution in [1.29, 1.82) is 0 Å². The van der Waals surface area contributed by atoms with E-state index in [-0.39, 0.29) is 12.2 Å². The Morgan fingerprint density at radius 1 is 1.53 bits per heavy atom. The first-order chi connectivity index (χ1) is 7.11. The standard InChI is InChI=1S/C10H10BrFO2S/c11-10-7(2-1-3-8(10)12)6-15-5-4-9(13)14/h1-3H,4-6H2,(H,13,14). The second kappa shape index (κ2) is 6.12. The van der Waals surface area contributed by atoms with Gasteiger partial charge < -0.3 is 5.11 Å². The number of carboxylic acids is 1. The second-order valence-electron chi connectivity index (χ2n) is 2.91. The summed E-state index contributed by atoms with van der Waals surface area (Å²) >= 11 is 4.64. The Bertz CT molecular complexity index is 357. The lowest BCUT2D eigenvalue weighted by Gasteiger charge is -2.04. The van der Waals surface area contributed by atoms with Crippen molar-refractivity contribution in [3.05, 3.63) is 34.1 Å². The maximum Gasteiger partial charge on any atom is 0.304 e. The molecule has 0 aromatic heterocycles. The summed E-state index contributed by atoms with van der Waals surface area (Å²) in [5.74, 6) is 0.0660. The zero-order valence-corrected chi connectivity index (χ0v) is 10.3. The Balaban J connectivity index is 2.44. The van der Waals surface area contributed by atoms with Crippen molar-refractivity contribution < 1.29 is 14.3 Å². The molecular weight excluding hydrogens is 283 g/mol. The van der Waals surface area contributed by atoms with Crippen LogP contribution in [-0.4, -0.2) is 16.8 Å². The molecule has 0 aliphatic carbocycles. The molecule has 0 atom stereocenters. The van der Waals surface area contributed by atoms with Gasteiger partial charge in [-0.15, -0.1) is 0 Å². The molecule has 5 heteroatoms. The highest BCUT2D eigenvalue weighted by Gasteiger charge is 2.05. The van der Waals surface area contributed by atoms with Gasteiger partial charge in [-0.05, 0) is 27.6 Å². The van der Waals surface area contributed by atoms with Gasteiger partial charge in [-0.2, -0.15) is 11.8 Å². The molecule has 1 aromatic rings. The Kier molecular flexibility index (Phi) is 5.11. The first-order valence-electron chi connectivity index (χ1n) is 4.33. The number of hydrogen-bond donors (Lipinski definition) is 1. The van der Waals surface area contributed by atoms with Gasteiger partial charge in [0.2, 0.25) is 0 Å². The molecule has 2 nitrogen and oxygen atoms in total. The Morgan fingerprint density at radius 2 is 2.27 bits per heavy atom. The summed E-state index contributed by atoms with van der Waals surface area (Å²) in [6, 6.07) is 4.85. The molecule has 0 spiro atoms. The third-order valence-corrected chi connectivity index (χ3v) is 3.65. The summed E-state index contributed by atoms with van der Waals surface area (Å²) in [6.07, 6.45) is 0.137. The predicted octanol–water partition coefficient (Wildman–Crippen LogP) is 3.30. The molecule has 0 aliphatic rings. The van der Waals surface area contributed by atoms with Crippen LogP contribution in [0.4, 0.5) is 4.39 Å². The molecule has 0 unspecified atom stereocenters. The van der Waals surface area contributed by atoms with Gasteiger partial charge in [-0.25, -0.2) is 4.39 Å². The number of carbonyl (C=O) groups is 1. The fraction of sp³-hybridized carbons (Fsp3) is 0.300. The van der Waals surface area contributed by atoms with E-state index in [0.717, 1.165) is 5.56 Å². The summed E-state index contributed by atoms with van der Waals surface area (Å²) < 4.78 is 13.5. The lowest BCUT2D eigenvalue weighted by Crippen LogP contribution is -1.96. The van der Waals surface area contributed by atoms with Crippen LogP contribution in [0, 0.1) is 5.82 Å². The van der Waals surface area contributed by atoms with Crippen LogP contribution in [0.3, 0.4) is 0 Å². The van der Waals surface area contributed by atoms with Crippen molar-refractivity contribution in [3.8, 4) is 0 Å². The molecule has 82 valence electrons. The third kappa shape index (κ3) is 4.22. The lowest BCUT2D eigenvalue weighted by molar-refractivity contribution is -0.136. The maximum atomic E-state index is 13.1. The predicted molar refractivity (Wildman–Crippen MR) is 62.5 cm³/mol. The average Bonchev–Trinajstić information content (AvgIpc) is 2.18. The number of thioether (sulfide) groups is 1. The van der Waals surface area contributed by atoms with Crippen molar-refractivity contribution >= 4 is 33.7 Å². The SMILES string of the molecule is O=C(O)CCSCc1cccc(F)c1Br. The van der Waals surface area contributed by atoms with Gasteiger partial charge in [-0.1, -0.05) is 12.1 Å². The van der Waals surface area contributed by atoms with Gasteiger partial charge >= 0.3 is 5.97 Å². The van der Waals surface area contributed by atoms with Gasteiger partial charge in [0.25, 0.3) is 0 Å². The largest absolute Gasteiger partial charge is 0.481 e. The molecule has 0 heterocycles. The normalized spacial score (nSPS) is 10.3. The Morgan fingerprint density at radius 3 is 2.93 bits per heavy atom. The molecule has 0 radical (unpaired) electrons. The molecule has 0 saturated carbocycles. The van der Waals surface area contributed by atoms with Crippen LogP contribution in [0.15, 0.2) is 22.7 Å². The summed E-state index contributed by atoms with van der Waals surface area (Å²) in [4.78, 5) is 10.2. The zero-order chi connectivity index (χ0) is 11.3. The molecule has 1 rings (SSSR count). The summed E-state index contributed by atoms with van der Waals surface area (Å²) in [6.45, 7) is 0. The lowest BCUT2D eigenvalue weighted by atomic mass is 10.2. The van der Waals surface area contributed by atoms with Gasteiger partial charge in [0, 0.05) is 11.5 Å². The first kappa shape index (κ1) is 12.5. The van der Waals surface area contributed by atoms with Crippen LogP contribution in [0.25, 0.3) is 0 Å². The molecule has 0 aliphatic heterocycles. The third-order valence-electron chi connectivity index (χ3n) is 1.75. The van der Waals surface area contributed by atoms with Crippen LogP contribution in [0.2, 0.25) is 0 Å². The molecular formula is C10H10BrFO2S. The van der Waals surface area contributed by atoms with Gasteiger partial charge in [0.05, 0.1) is 10.9 Å². The molecule has 0 bridgehead atoms. The van der Waals surface area contributed by atoms with Crippen molar-refractivity contribution in [1.82, 2.24) is 0 Å². The fourth-order valence-electron chi connectivity index (χ4n) is 1.00. The second-order valence-corrected chi connectivity index (χ2v) is 4.81. The number of benzene rings is 1. The number of aliphatic carboxylic acids is 1. The van der Waals surface area contributed by atoms with Gasteiger partial charge in [0.1, 0.15) is 5.82 Å². The minimum Gasteiger partial charge on any atom is -0.481 e. The van der Waals surface area contributed by atoms with Crippen LogP contribution >= 0.6 is 27.7 Å². The first-order valence-corrected chi connectivity index (χ1v) is 6.28. The topological polar surface area (TPSA) is 37.3 Å². The molecule has 0 amide bonds. The number of halogens is 2. The van der Waals surface area contributed by atoms with Crippen LogP contribution in [0.5, 0.6) is 0 Å². The zero-order valence-electron chi connectivity index (χ0n) is 7.87. The molecule has 1 N–H and O–H groups in total. The van der Waals surface area contributed by atoms with E-state index in [4.69, 9.17) is 5.11 Å². The number of hydrogen-bond acceptors (Lipinski definition) is 2. The van der Waals surface area contributed by atoms with Crippen LogP contribution in [0.1, 0.15) is 12.0 Å².